The van der Waals surface area contributed by atoms with Crippen LogP contribution < -0.4 is 5.30 Å². The van der Waals surface area contributed by atoms with Crippen LogP contribution in [0.25, 0.3) is 11.1 Å². The van der Waals surface area contributed by atoms with Crippen molar-refractivity contribution in [3.05, 3.63) is 53.1 Å². The van der Waals surface area contributed by atoms with Gasteiger partial charge in [0, 0.05) is 0 Å². The minimum atomic E-state index is 0.793. The first-order chi connectivity index (χ1) is 8.11. The van der Waals surface area contributed by atoms with Crippen LogP contribution in [0.1, 0.15) is 16.7 Å². The van der Waals surface area contributed by atoms with E-state index in [0.717, 1.165) is 8.27 Å². The van der Waals surface area contributed by atoms with Gasteiger partial charge in [-0.1, -0.05) is 44.7 Å². The maximum Gasteiger partial charge on any atom is -0.0154 e. The molecule has 0 saturated carbocycles. The quantitative estimate of drug-likeness (QED) is 0.703. The first-order valence-corrected chi connectivity index (χ1v) is 8.57. The van der Waals surface area contributed by atoms with Gasteiger partial charge in [-0.25, -0.2) is 0 Å². The van der Waals surface area contributed by atoms with Crippen molar-refractivity contribution < 1.29 is 0 Å². The van der Waals surface area contributed by atoms with E-state index in [9.17, 15) is 0 Å². The highest BCUT2D eigenvalue weighted by Crippen LogP contribution is 2.27. The molecule has 2 atom stereocenters. The number of benzene rings is 2. The SMILES string of the molecule is Cc1ccc(-c2ccc(PP)cc2C)cc1C. The second-order valence-corrected chi connectivity index (χ2v) is 6.21. The fourth-order valence-electron chi connectivity index (χ4n) is 1.99. The molecular formula is C15H18P2. The van der Waals surface area contributed by atoms with E-state index >= 15 is 0 Å². The van der Waals surface area contributed by atoms with E-state index in [0.29, 0.717) is 0 Å². The monoisotopic (exact) mass is 260 g/mol. The maximum absolute atomic E-state index is 2.80. The molecule has 2 aromatic rings. The van der Waals surface area contributed by atoms with Gasteiger partial charge >= 0.3 is 0 Å². The molecule has 88 valence electrons. The van der Waals surface area contributed by atoms with E-state index in [2.05, 4.69) is 66.1 Å². The van der Waals surface area contributed by atoms with Crippen molar-refractivity contribution in [2.24, 2.45) is 0 Å². The molecular weight excluding hydrogens is 242 g/mol. The van der Waals surface area contributed by atoms with Crippen LogP contribution in [0.3, 0.4) is 0 Å². The molecule has 0 aliphatic rings. The average Bonchev–Trinajstić information content (AvgIpc) is 2.32. The molecule has 0 radical (unpaired) electrons. The van der Waals surface area contributed by atoms with E-state index in [-0.39, 0.29) is 0 Å². The predicted octanol–water partition coefficient (Wildman–Crippen LogP) is 4.37. The molecule has 0 spiro atoms. The Balaban J connectivity index is 2.49. The van der Waals surface area contributed by atoms with Crippen LogP contribution in [0, 0.1) is 20.8 Å². The number of rotatable bonds is 2. The van der Waals surface area contributed by atoms with Crippen LogP contribution >= 0.6 is 17.2 Å². The summed E-state index contributed by atoms with van der Waals surface area (Å²) in [6.45, 7) is 6.52. The number of aryl methyl sites for hydroxylation is 3. The molecule has 0 fully saturated rings. The first kappa shape index (κ1) is 12.7. The fraction of sp³-hybridized carbons (Fsp3) is 0.200. The fourth-order valence-corrected chi connectivity index (χ4v) is 3.00. The molecule has 0 nitrogen and oxygen atoms in total. The van der Waals surface area contributed by atoms with Crippen molar-refractivity contribution in [3.8, 4) is 11.1 Å². The number of hydrogen-bond acceptors (Lipinski definition) is 0. The smallest absolute Gasteiger partial charge is 0.0154 e. The Bertz CT molecular complexity index is 545. The topological polar surface area (TPSA) is 0 Å². The molecule has 0 amide bonds. The highest BCUT2D eigenvalue weighted by Gasteiger charge is 2.03. The maximum atomic E-state index is 2.80. The van der Waals surface area contributed by atoms with Gasteiger partial charge < -0.3 is 0 Å². The van der Waals surface area contributed by atoms with Crippen LogP contribution in [0.4, 0.5) is 0 Å². The van der Waals surface area contributed by atoms with Gasteiger partial charge in [-0.05, 0) is 53.9 Å². The minimum Gasteiger partial charge on any atom is -0.110 e. The molecule has 0 aliphatic heterocycles. The molecule has 2 unspecified atom stereocenters. The zero-order valence-corrected chi connectivity index (χ0v) is 12.7. The minimum absolute atomic E-state index is 0.793. The molecule has 17 heavy (non-hydrogen) atoms. The van der Waals surface area contributed by atoms with Crippen molar-refractivity contribution in [2.45, 2.75) is 20.8 Å². The normalized spacial score (nSPS) is 11.3. The second kappa shape index (κ2) is 5.30. The van der Waals surface area contributed by atoms with Crippen molar-refractivity contribution in [3.63, 3.8) is 0 Å². The van der Waals surface area contributed by atoms with E-state index in [1.54, 1.807) is 0 Å². The standard InChI is InChI=1S/C15H18P2/c1-10-4-5-13(8-11(10)2)15-7-6-14(17-16)9-12(15)3/h4-9,17H,16H2,1-3H3. The van der Waals surface area contributed by atoms with Crippen molar-refractivity contribution in [1.29, 1.82) is 0 Å². The third-order valence-corrected chi connectivity index (χ3v) is 4.86. The zero-order chi connectivity index (χ0) is 12.4. The highest BCUT2D eigenvalue weighted by molar-refractivity contribution is 8.06. The number of hydrogen-bond donors (Lipinski definition) is 0. The molecule has 0 N–H and O–H groups in total. The summed E-state index contributed by atoms with van der Waals surface area (Å²) in [7, 11) is 3.59. The van der Waals surface area contributed by atoms with Gasteiger partial charge in [0.1, 0.15) is 0 Å². The van der Waals surface area contributed by atoms with E-state index in [1.807, 2.05) is 0 Å². The summed E-state index contributed by atoms with van der Waals surface area (Å²) >= 11 is 0. The van der Waals surface area contributed by atoms with Gasteiger partial charge in [0.05, 0.1) is 0 Å². The summed E-state index contributed by atoms with van der Waals surface area (Å²) < 4.78 is 0. The largest absolute Gasteiger partial charge is 0.110 e. The Morgan fingerprint density at radius 3 is 2.18 bits per heavy atom. The second-order valence-electron chi connectivity index (χ2n) is 4.47. The Kier molecular flexibility index (Phi) is 3.97. The predicted molar refractivity (Wildman–Crippen MR) is 83.7 cm³/mol. The highest BCUT2D eigenvalue weighted by atomic mass is 32.0. The first-order valence-electron chi connectivity index (χ1n) is 5.76. The van der Waals surface area contributed by atoms with Crippen LogP contribution in [-0.4, -0.2) is 0 Å². The molecule has 2 rings (SSSR count). The molecule has 0 heterocycles. The summed E-state index contributed by atoms with van der Waals surface area (Å²) in [5, 5.41) is 1.40. The summed E-state index contributed by atoms with van der Waals surface area (Å²) in [4.78, 5) is 0. The summed E-state index contributed by atoms with van der Waals surface area (Å²) in [5.74, 6) is 0. The van der Waals surface area contributed by atoms with E-state index < -0.39 is 0 Å². The van der Waals surface area contributed by atoms with E-state index in [1.165, 1.54) is 33.1 Å². The molecule has 2 aromatic carbocycles. The van der Waals surface area contributed by atoms with Crippen LogP contribution in [0.2, 0.25) is 0 Å². The lowest BCUT2D eigenvalue weighted by Crippen LogP contribution is -1.95. The Morgan fingerprint density at radius 2 is 1.59 bits per heavy atom. The van der Waals surface area contributed by atoms with Gasteiger partial charge in [0.2, 0.25) is 0 Å². The van der Waals surface area contributed by atoms with Crippen molar-refractivity contribution >= 4 is 22.5 Å². The summed E-state index contributed by atoms with van der Waals surface area (Å²) in [6.07, 6.45) is 0. The van der Waals surface area contributed by atoms with Gasteiger partial charge in [-0.3, -0.25) is 0 Å². The molecule has 2 heteroatoms. The average molecular weight is 260 g/mol. The van der Waals surface area contributed by atoms with Crippen molar-refractivity contribution in [1.82, 2.24) is 0 Å². The summed E-state index contributed by atoms with van der Waals surface area (Å²) in [6, 6.07) is 13.5. The Hall–Kier alpha value is -0.700. The van der Waals surface area contributed by atoms with Gasteiger partial charge in [0.15, 0.2) is 0 Å². The summed E-state index contributed by atoms with van der Waals surface area (Å²) in [5.41, 5.74) is 6.75. The molecule has 0 bridgehead atoms. The molecule has 0 saturated heterocycles. The molecule has 0 aromatic heterocycles. The third kappa shape index (κ3) is 2.76. The van der Waals surface area contributed by atoms with E-state index in [4.69, 9.17) is 0 Å². The third-order valence-electron chi connectivity index (χ3n) is 3.21. The van der Waals surface area contributed by atoms with Crippen LogP contribution in [-0.2, 0) is 0 Å². The lowest BCUT2D eigenvalue weighted by Gasteiger charge is -2.10. The molecule has 0 aliphatic carbocycles. The van der Waals surface area contributed by atoms with Gasteiger partial charge in [0.25, 0.3) is 0 Å². The lowest BCUT2D eigenvalue weighted by atomic mass is 9.97. The van der Waals surface area contributed by atoms with Crippen LogP contribution in [0.15, 0.2) is 36.4 Å². The van der Waals surface area contributed by atoms with Crippen LogP contribution in [0.5, 0.6) is 0 Å². The Morgan fingerprint density at radius 1 is 0.824 bits per heavy atom. The van der Waals surface area contributed by atoms with Gasteiger partial charge in [-0.15, -0.1) is 8.93 Å². The lowest BCUT2D eigenvalue weighted by molar-refractivity contribution is 1.34. The van der Waals surface area contributed by atoms with Gasteiger partial charge in [-0.2, -0.15) is 0 Å². The Labute approximate surface area is 108 Å². The zero-order valence-electron chi connectivity index (χ0n) is 10.5. The van der Waals surface area contributed by atoms with Crippen molar-refractivity contribution in [2.75, 3.05) is 0 Å².